The van der Waals surface area contributed by atoms with Gasteiger partial charge in [-0.25, -0.2) is 0 Å². The van der Waals surface area contributed by atoms with Gasteiger partial charge in [-0.15, -0.1) is 0 Å². The summed E-state index contributed by atoms with van der Waals surface area (Å²) in [7, 11) is 0. The zero-order valence-corrected chi connectivity index (χ0v) is 8.25. The van der Waals surface area contributed by atoms with Crippen LogP contribution in [0.4, 0.5) is 0 Å². The van der Waals surface area contributed by atoms with Crippen molar-refractivity contribution in [1.82, 2.24) is 0 Å². The molecule has 0 amide bonds. The molecular formula is C12H8ClN. The molecule has 0 bridgehead atoms. The molecule has 0 heterocycles. The number of fused-ring (bicyclic) bond motifs is 1. The summed E-state index contributed by atoms with van der Waals surface area (Å²) in [5, 5.41) is 11.6. The molecule has 2 aromatic carbocycles. The van der Waals surface area contributed by atoms with Crippen molar-refractivity contribution in [2.24, 2.45) is 0 Å². The molecule has 14 heavy (non-hydrogen) atoms. The maximum atomic E-state index is 8.68. The van der Waals surface area contributed by atoms with Crippen molar-refractivity contribution < 1.29 is 0 Å². The van der Waals surface area contributed by atoms with E-state index in [-0.39, 0.29) is 0 Å². The lowest BCUT2D eigenvalue weighted by molar-refractivity contribution is 1.29. The van der Waals surface area contributed by atoms with Crippen molar-refractivity contribution in [3.8, 4) is 6.07 Å². The van der Waals surface area contributed by atoms with E-state index in [0.717, 1.165) is 16.3 Å². The summed E-state index contributed by atoms with van der Waals surface area (Å²) >= 11 is 5.95. The van der Waals surface area contributed by atoms with E-state index in [4.69, 9.17) is 16.9 Å². The van der Waals surface area contributed by atoms with Crippen molar-refractivity contribution in [1.29, 1.82) is 5.26 Å². The molecule has 68 valence electrons. The molecule has 0 saturated heterocycles. The summed E-state index contributed by atoms with van der Waals surface area (Å²) in [4.78, 5) is 0. The predicted molar refractivity (Wildman–Crippen MR) is 58.3 cm³/mol. The summed E-state index contributed by atoms with van der Waals surface area (Å²) in [6, 6.07) is 13.9. The highest BCUT2D eigenvalue weighted by atomic mass is 35.5. The molecule has 0 unspecified atom stereocenters. The molecule has 2 heteroatoms. The molecule has 0 aliphatic rings. The van der Waals surface area contributed by atoms with Gasteiger partial charge in [0.05, 0.1) is 12.5 Å². The van der Waals surface area contributed by atoms with Gasteiger partial charge in [-0.3, -0.25) is 0 Å². The highest BCUT2D eigenvalue weighted by Crippen LogP contribution is 2.23. The number of hydrogen-bond acceptors (Lipinski definition) is 1. The lowest BCUT2D eigenvalue weighted by atomic mass is 10.0. The molecule has 2 aromatic rings. The quantitative estimate of drug-likeness (QED) is 0.692. The SMILES string of the molecule is N#CCc1cc(Cl)cc2ccccc12. The first kappa shape index (κ1) is 9.05. The minimum Gasteiger partial charge on any atom is -0.198 e. The van der Waals surface area contributed by atoms with Crippen molar-refractivity contribution >= 4 is 22.4 Å². The zero-order chi connectivity index (χ0) is 9.97. The number of benzene rings is 2. The van der Waals surface area contributed by atoms with Gasteiger partial charge in [0, 0.05) is 5.02 Å². The maximum Gasteiger partial charge on any atom is 0.0669 e. The van der Waals surface area contributed by atoms with Gasteiger partial charge in [0.25, 0.3) is 0 Å². The minimum atomic E-state index is 0.404. The fourth-order valence-corrected chi connectivity index (χ4v) is 1.83. The molecule has 0 aromatic heterocycles. The first-order chi connectivity index (χ1) is 6.81. The van der Waals surface area contributed by atoms with Crippen LogP contribution in [-0.4, -0.2) is 0 Å². The number of nitriles is 1. The van der Waals surface area contributed by atoms with Crippen LogP contribution in [0.3, 0.4) is 0 Å². The van der Waals surface area contributed by atoms with E-state index in [1.165, 1.54) is 0 Å². The largest absolute Gasteiger partial charge is 0.198 e. The van der Waals surface area contributed by atoms with Crippen LogP contribution in [0.5, 0.6) is 0 Å². The molecule has 2 rings (SSSR count). The van der Waals surface area contributed by atoms with Gasteiger partial charge in [-0.2, -0.15) is 5.26 Å². The van der Waals surface area contributed by atoms with Gasteiger partial charge in [0.2, 0.25) is 0 Å². The normalized spacial score (nSPS) is 10.0. The Kier molecular flexibility index (Phi) is 2.39. The second-order valence-corrected chi connectivity index (χ2v) is 3.56. The van der Waals surface area contributed by atoms with Crippen LogP contribution in [-0.2, 0) is 6.42 Å². The fourth-order valence-electron chi connectivity index (χ4n) is 1.58. The fraction of sp³-hybridized carbons (Fsp3) is 0.0833. The van der Waals surface area contributed by atoms with Crippen molar-refractivity contribution in [3.05, 3.63) is 47.0 Å². The number of halogens is 1. The third kappa shape index (κ3) is 1.57. The molecule has 0 atom stereocenters. The van der Waals surface area contributed by atoms with Crippen LogP contribution >= 0.6 is 11.6 Å². The van der Waals surface area contributed by atoms with Crippen LogP contribution in [0, 0.1) is 11.3 Å². The molecule has 1 nitrogen and oxygen atoms in total. The first-order valence-electron chi connectivity index (χ1n) is 4.35. The Bertz CT molecular complexity index is 511. The smallest absolute Gasteiger partial charge is 0.0669 e. The van der Waals surface area contributed by atoms with E-state index in [9.17, 15) is 0 Å². The molecule has 0 aliphatic carbocycles. The van der Waals surface area contributed by atoms with Crippen LogP contribution in [0.25, 0.3) is 10.8 Å². The highest BCUT2D eigenvalue weighted by Gasteiger charge is 2.01. The molecule has 0 fully saturated rings. The number of hydrogen-bond donors (Lipinski definition) is 0. The Morgan fingerprint density at radius 1 is 1.21 bits per heavy atom. The zero-order valence-electron chi connectivity index (χ0n) is 7.50. The van der Waals surface area contributed by atoms with Crippen molar-refractivity contribution in [2.45, 2.75) is 6.42 Å². The van der Waals surface area contributed by atoms with Crippen LogP contribution in [0.2, 0.25) is 5.02 Å². The van der Waals surface area contributed by atoms with Gasteiger partial charge >= 0.3 is 0 Å². The van der Waals surface area contributed by atoms with Crippen LogP contribution < -0.4 is 0 Å². The predicted octanol–water partition coefficient (Wildman–Crippen LogP) is 3.56. The third-order valence-electron chi connectivity index (χ3n) is 2.18. The topological polar surface area (TPSA) is 23.8 Å². The summed E-state index contributed by atoms with van der Waals surface area (Å²) in [5.41, 5.74) is 0.996. The second kappa shape index (κ2) is 3.69. The number of rotatable bonds is 1. The molecule has 0 N–H and O–H groups in total. The van der Waals surface area contributed by atoms with Gasteiger partial charge in [0.15, 0.2) is 0 Å². The Hall–Kier alpha value is -1.52. The Morgan fingerprint density at radius 2 is 2.00 bits per heavy atom. The van der Waals surface area contributed by atoms with Gasteiger partial charge in [-0.05, 0) is 28.5 Å². The lowest BCUT2D eigenvalue weighted by Gasteiger charge is -2.03. The molecular weight excluding hydrogens is 194 g/mol. The summed E-state index contributed by atoms with van der Waals surface area (Å²) < 4.78 is 0. The number of nitrogens with zero attached hydrogens (tertiary/aromatic N) is 1. The van der Waals surface area contributed by atoms with Crippen LogP contribution in [0.15, 0.2) is 36.4 Å². The van der Waals surface area contributed by atoms with Crippen molar-refractivity contribution in [3.63, 3.8) is 0 Å². The summed E-state index contributed by atoms with van der Waals surface area (Å²) in [6.07, 6.45) is 0.404. The average molecular weight is 202 g/mol. The first-order valence-corrected chi connectivity index (χ1v) is 4.73. The Morgan fingerprint density at radius 3 is 2.79 bits per heavy atom. The third-order valence-corrected chi connectivity index (χ3v) is 2.40. The molecule has 0 radical (unpaired) electrons. The van der Waals surface area contributed by atoms with E-state index < -0.39 is 0 Å². The monoisotopic (exact) mass is 201 g/mol. The van der Waals surface area contributed by atoms with Gasteiger partial charge < -0.3 is 0 Å². The highest BCUT2D eigenvalue weighted by molar-refractivity contribution is 6.31. The molecule has 0 aliphatic heterocycles. The Labute approximate surface area is 87.5 Å². The van der Waals surface area contributed by atoms with Gasteiger partial charge in [0.1, 0.15) is 0 Å². The van der Waals surface area contributed by atoms with E-state index in [0.29, 0.717) is 11.4 Å². The maximum absolute atomic E-state index is 8.68. The standard InChI is InChI=1S/C12H8ClN/c13-11-7-9-3-1-2-4-12(9)10(8-11)5-6-14/h1-4,7-8H,5H2. The van der Waals surface area contributed by atoms with E-state index >= 15 is 0 Å². The average Bonchev–Trinajstić information content (AvgIpc) is 2.18. The van der Waals surface area contributed by atoms with Crippen molar-refractivity contribution in [2.75, 3.05) is 0 Å². The second-order valence-electron chi connectivity index (χ2n) is 3.12. The van der Waals surface area contributed by atoms with E-state index in [2.05, 4.69) is 6.07 Å². The molecule has 0 spiro atoms. The van der Waals surface area contributed by atoms with E-state index in [1.807, 2.05) is 36.4 Å². The minimum absolute atomic E-state index is 0.404. The lowest BCUT2D eigenvalue weighted by Crippen LogP contribution is -1.84. The summed E-state index contributed by atoms with van der Waals surface area (Å²) in [5.74, 6) is 0. The van der Waals surface area contributed by atoms with Crippen LogP contribution in [0.1, 0.15) is 5.56 Å². The molecule has 0 saturated carbocycles. The van der Waals surface area contributed by atoms with Gasteiger partial charge in [-0.1, -0.05) is 35.9 Å². The van der Waals surface area contributed by atoms with E-state index in [1.54, 1.807) is 0 Å². The Balaban J connectivity index is 2.74. The summed E-state index contributed by atoms with van der Waals surface area (Å²) in [6.45, 7) is 0.